The Morgan fingerprint density at radius 3 is 2.58 bits per heavy atom. The van der Waals surface area contributed by atoms with Gasteiger partial charge in [0.05, 0.1) is 24.8 Å². The Bertz CT molecular complexity index is 1350. The highest BCUT2D eigenvalue weighted by atomic mass is 19.4. The van der Waals surface area contributed by atoms with Crippen LogP contribution in [-0.2, 0) is 6.54 Å². The first-order valence-corrected chi connectivity index (χ1v) is 11.6. The van der Waals surface area contributed by atoms with E-state index in [1.165, 1.54) is 12.1 Å². The molecule has 5 rings (SSSR count). The van der Waals surface area contributed by atoms with Crippen LogP contribution in [0.25, 0.3) is 5.69 Å². The fourth-order valence-corrected chi connectivity index (χ4v) is 4.44. The van der Waals surface area contributed by atoms with E-state index in [1.807, 2.05) is 40.6 Å². The van der Waals surface area contributed by atoms with E-state index in [0.717, 1.165) is 54.3 Å². The molecule has 0 radical (unpaired) electrons. The van der Waals surface area contributed by atoms with Crippen molar-refractivity contribution in [2.45, 2.75) is 45.0 Å². The summed E-state index contributed by atoms with van der Waals surface area (Å²) in [6.07, 6.45) is 1.66. The predicted molar refractivity (Wildman–Crippen MR) is 127 cm³/mol. The number of aryl methyl sites for hydroxylation is 2. The molecule has 0 saturated heterocycles. The first-order valence-electron chi connectivity index (χ1n) is 11.6. The molecule has 0 fully saturated rings. The maximum absolute atomic E-state index is 12.5. The van der Waals surface area contributed by atoms with Gasteiger partial charge in [-0.2, -0.15) is 4.98 Å². The number of aromatic nitrogens is 5. The van der Waals surface area contributed by atoms with Crippen molar-refractivity contribution in [2.24, 2.45) is 0 Å². The van der Waals surface area contributed by atoms with Crippen molar-refractivity contribution in [3.63, 3.8) is 0 Å². The molecule has 3 heterocycles. The number of imidazole rings is 1. The number of alkyl halides is 3. The van der Waals surface area contributed by atoms with Crippen molar-refractivity contribution < 1.29 is 22.6 Å². The molecular formula is C25H25F3N6O2. The Morgan fingerprint density at radius 2 is 1.89 bits per heavy atom. The van der Waals surface area contributed by atoms with Gasteiger partial charge >= 0.3 is 6.36 Å². The van der Waals surface area contributed by atoms with E-state index < -0.39 is 6.36 Å². The molecule has 2 aromatic heterocycles. The van der Waals surface area contributed by atoms with Crippen LogP contribution >= 0.6 is 0 Å². The van der Waals surface area contributed by atoms with Crippen LogP contribution in [0, 0.1) is 6.92 Å². The SMILES string of the molecule is COc1cc(Nc2nc3n(n2)CCCCC3c2ccc(OC(F)(F)F)cc2)ccc1-n1cnc(C)c1. The largest absolute Gasteiger partial charge is 0.573 e. The lowest BCUT2D eigenvalue weighted by atomic mass is 9.93. The molecule has 8 nitrogen and oxygen atoms in total. The Balaban J connectivity index is 1.39. The number of fused-ring (bicyclic) bond motifs is 1. The number of halogens is 3. The van der Waals surface area contributed by atoms with E-state index in [9.17, 15) is 13.2 Å². The molecule has 0 amide bonds. The zero-order valence-electron chi connectivity index (χ0n) is 19.8. The summed E-state index contributed by atoms with van der Waals surface area (Å²) in [5.41, 5.74) is 3.39. The summed E-state index contributed by atoms with van der Waals surface area (Å²) in [6, 6.07) is 11.7. The Kier molecular flexibility index (Phi) is 6.29. The van der Waals surface area contributed by atoms with Crippen LogP contribution in [-0.4, -0.2) is 37.8 Å². The van der Waals surface area contributed by atoms with E-state index in [-0.39, 0.29) is 11.7 Å². The fraction of sp³-hybridized carbons (Fsp3) is 0.320. The lowest BCUT2D eigenvalue weighted by molar-refractivity contribution is -0.274. The van der Waals surface area contributed by atoms with Gasteiger partial charge in [-0.25, -0.2) is 9.67 Å². The average Bonchev–Trinajstić information content (AvgIpc) is 3.39. The summed E-state index contributed by atoms with van der Waals surface area (Å²) in [5, 5.41) is 7.91. The first kappa shape index (κ1) is 23.7. The summed E-state index contributed by atoms with van der Waals surface area (Å²) in [7, 11) is 1.61. The van der Waals surface area contributed by atoms with Crippen molar-refractivity contribution >= 4 is 11.6 Å². The van der Waals surface area contributed by atoms with Crippen molar-refractivity contribution in [3.8, 4) is 17.2 Å². The smallest absolute Gasteiger partial charge is 0.494 e. The van der Waals surface area contributed by atoms with Gasteiger partial charge in [-0.15, -0.1) is 18.3 Å². The number of rotatable bonds is 6. The van der Waals surface area contributed by atoms with E-state index in [0.29, 0.717) is 11.7 Å². The second-order valence-corrected chi connectivity index (χ2v) is 8.62. The summed E-state index contributed by atoms with van der Waals surface area (Å²) in [4.78, 5) is 9.03. The molecule has 36 heavy (non-hydrogen) atoms. The zero-order valence-corrected chi connectivity index (χ0v) is 19.8. The molecular weight excluding hydrogens is 473 g/mol. The summed E-state index contributed by atoms with van der Waals surface area (Å²) >= 11 is 0. The van der Waals surface area contributed by atoms with E-state index >= 15 is 0 Å². The second-order valence-electron chi connectivity index (χ2n) is 8.62. The number of ether oxygens (including phenoxy) is 2. The molecule has 1 aliphatic rings. The van der Waals surface area contributed by atoms with E-state index in [2.05, 4.69) is 20.1 Å². The number of nitrogens with zero attached hydrogens (tertiary/aromatic N) is 5. The van der Waals surface area contributed by atoms with Gasteiger partial charge in [0.15, 0.2) is 0 Å². The Morgan fingerprint density at radius 1 is 1.08 bits per heavy atom. The molecule has 11 heteroatoms. The third kappa shape index (κ3) is 5.14. The molecule has 1 N–H and O–H groups in total. The molecule has 0 saturated carbocycles. The molecule has 1 unspecified atom stereocenters. The molecule has 2 aromatic carbocycles. The number of benzene rings is 2. The van der Waals surface area contributed by atoms with Crippen LogP contribution in [0.4, 0.5) is 24.8 Å². The van der Waals surface area contributed by atoms with Crippen molar-refractivity contribution in [1.82, 2.24) is 24.3 Å². The quantitative estimate of drug-likeness (QED) is 0.365. The van der Waals surface area contributed by atoms with Crippen LogP contribution in [0.3, 0.4) is 0 Å². The normalized spacial score (nSPS) is 15.8. The lowest BCUT2D eigenvalue weighted by Gasteiger charge is -2.15. The van der Waals surface area contributed by atoms with Gasteiger partial charge in [0.25, 0.3) is 0 Å². The van der Waals surface area contributed by atoms with E-state index in [4.69, 9.17) is 9.72 Å². The number of nitrogens with one attached hydrogen (secondary N) is 1. The topological polar surface area (TPSA) is 79.0 Å². The Labute approximate surface area is 205 Å². The molecule has 0 bridgehead atoms. The first-order chi connectivity index (χ1) is 17.3. The minimum atomic E-state index is -4.72. The molecule has 1 atom stereocenters. The minimum Gasteiger partial charge on any atom is -0.494 e. The van der Waals surface area contributed by atoms with Gasteiger partial charge in [-0.3, -0.25) is 0 Å². The summed E-state index contributed by atoms with van der Waals surface area (Å²) in [6.45, 7) is 2.64. The van der Waals surface area contributed by atoms with Gasteiger partial charge in [-0.1, -0.05) is 18.6 Å². The Hall–Kier alpha value is -4.02. The number of hydrogen-bond donors (Lipinski definition) is 1. The second kappa shape index (κ2) is 9.56. The number of anilines is 2. The number of hydrogen-bond acceptors (Lipinski definition) is 6. The van der Waals surface area contributed by atoms with Crippen LogP contribution in [0.15, 0.2) is 55.0 Å². The van der Waals surface area contributed by atoms with Crippen LogP contribution < -0.4 is 14.8 Å². The van der Waals surface area contributed by atoms with Gasteiger partial charge in [0, 0.05) is 30.4 Å². The van der Waals surface area contributed by atoms with E-state index in [1.54, 1.807) is 25.6 Å². The highest BCUT2D eigenvalue weighted by Crippen LogP contribution is 2.34. The number of methoxy groups -OCH3 is 1. The minimum absolute atomic E-state index is 0.0862. The van der Waals surface area contributed by atoms with Crippen LogP contribution in [0.2, 0.25) is 0 Å². The molecule has 1 aliphatic heterocycles. The average molecular weight is 499 g/mol. The van der Waals surface area contributed by atoms with Crippen LogP contribution in [0.5, 0.6) is 11.5 Å². The predicted octanol–water partition coefficient (Wildman–Crippen LogP) is 5.74. The fourth-order valence-electron chi connectivity index (χ4n) is 4.44. The van der Waals surface area contributed by atoms with Gasteiger partial charge < -0.3 is 19.4 Å². The van der Waals surface area contributed by atoms with Crippen molar-refractivity contribution in [1.29, 1.82) is 0 Å². The standard InChI is InChI=1S/C25H25F3N6O2/c1-16-14-33(15-29-16)21-11-8-18(13-22(21)35-2)30-24-31-23-20(5-3-4-12-34(23)32-24)17-6-9-19(10-7-17)36-25(26,27)28/h6-11,13-15,20H,3-5,12H2,1-2H3,(H,30,32). The zero-order chi connectivity index (χ0) is 25.3. The van der Waals surface area contributed by atoms with Gasteiger partial charge in [0.2, 0.25) is 5.95 Å². The lowest BCUT2D eigenvalue weighted by Crippen LogP contribution is -2.17. The van der Waals surface area contributed by atoms with Crippen molar-refractivity contribution in [2.75, 3.05) is 12.4 Å². The maximum atomic E-state index is 12.5. The monoisotopic (exact) mass is 498 g/mol. The summed E-state index contributed by atoms with van der Waals surface area (Å²) < 4.78 is 50.9. The van der Waals surface area contributed by atoms with Gasteiger partial charge in [-0.05, 0) is 49.6 Å². The summed E-state index contributed by atoms with van der Waals surface area (Å²) in [5.74, 6) is 1.56. The maximum Gasteiger partial charge on any atom is 0.573 e. The van der Waals surface area contributed by atoms with Crippen molar-refractivity contribution in [3.05, 3.63) is 72.1 Å². The highest BCUT2D eigenvalue weighted by molar-refractivity contribution is 5.62. The third-order valence-electron chi connectivity index (χ3n) is 6.07. The third-order valence-corrected chi connectivity index (χ3v) is 6.07. The molecule has 188 valence electrons. The molecule has 4 aromatic rings. The van der Waals surface area contributed by atoms with Gasteiger partial charge in [0.1, 0.15) is 17.3 Å². The molecule has 0 spiro atoms. The molecule has 0 aliphatic carbocycles. The highest BCUT2D eigenvalue weighted by Gasteiger charge is 2.31. The van der Waals surface area contributed by atoms with Crippen LogP contribution in [0.1, 0.15) is 42.3 Å².